The number of carboxylic acid groups (broad SMARTS) is 1. The fourth-order valence-corrected chi connectivity index (χ4v) is 5.81. The van der Waals surface area contributed by atoms with Gasteiger partial charge < -0.3 is 15.0 Å². The van der Waals surface area contributed by atoms with Crippen molar-refractivity contribution in [1.82, 2.24) is 14.2 Å². The number of aliphatic carboxylic acids is 1. The van der Waals surface area contributed by atoms with Crippen LogP contribution in [0.1, 0.15) is 30.3 Å². The highest BCUT2D eigenvalue weighted by Gasteiger charge is 2.46. The summed E-state index contributed by atoms with van der Waals surface area (Å²) in [6.07, 6.45) is 2.29. The molecule has 0 spiro atoms. The molecule has 25 heavy (non-hydrogen) atoms. The highest BCUT2D eigenvalue weighted by Crippen LogP contribution is 2.31. The Balaban J connectivity index is 1.84. The minimum Gasteiger partial charge on any atom is -0.480 e. The molecular weight excluding hydrogens is 366 g/mol. The SMILES string of the molecule is CC1(C(=O)O)CCCN1C(=O)c1cc(S(=O)(=O)N2CCSCC2)c[nH]1. The van der Waals surface area contributed by atoms with Crippen LogP contribution in [0.4, 0.5) is 0 Å². The highest BCUT2D eigenvalue weighted by molar-refractivity contribution is 7.99. The van der Waals surface area contributed by atoms with E-state index in [2.05, 4.69) is 4.98 Å². The number of carboxylic acids is 1. The van der Waals surface area contributed by atoms with E-state index in [1.807, 2.05) is 0 Å². The van der Waals surface area contributed by atoms with Crippen molar-refractivity contribution in [2.24, 2.45) is 0 Å². The van der Waals surface area contributed by atoms with Crippen LogP contribution in [0.2, 0.25) is 0 Å². The molecule has 1 aromatic rings. The van der Waals surface area contributed by atoms with Gasteiger partial charge in [0.05, 0.1) is 0 Å². The van der Waals surface area contributed by atoms with Crippen LogP contribution < -0.4 is 0 Å². The van der Waals surface area contributed by atoms with Gasteiger partial charge in [-0.2, -0.15) is 16.1 Å². The molecule has 1 aromatic heterocycles. The number of H-pyrrole nitrogens is 1. The Morgan fingerprint density at radius 2 is 1.96 bits per heavy atom. The number of aromatic nitrogens is 1. The summed E-state index contributed by atoms with van der Waals surface area (Å²) in [5.74, 6) is -0.0398. The molecule has 0 radical (unpaired) electrons. The molecule has 3 rings (SSSR count). The maximum absolute atomic E-state index is 12.7. The van der Waals surface area contributed by atoms with E-state index in [-0.39, 0.29) is 10.6 Å². The lowest BCUT2D eigenvalue weighted by atomic mass is 9.99. The molecule has 0 saturated carbocycles. The number of likely N-dealkylation sites (tertiary alicyclic amines) is 1. The lowest BCUT2D eigenvalue weighted by Crippen LogP contribution is -2.50. The summed E-state index contributed by atoms with van der Waals surface area (Å²) in [6, 6.07) is 1.31. The Bertz CT molecular complexity index is 785. The van der Waals surface area contributed by atoms with Crippen molar-refractivity contribution < 1.29 is 23.1 Å². The Kier molecular flexibility index (Phi) is 4.86. The fraction of sp³-hybridized carbons (Fsp3) is 0.600. The summed E-state index contributed by atoms with van der Waals surface area (Å²) in [7, 11) is -3.64. The molecule has 2 fully saturated rings. The van der Waals surface area contributed by atoms with E-state index in [1.165, 1.54) is 28.4 Å². The van der Waals surface area contributed by atoms with Gasteiger partial charge in [-0.3, -0.25) is 4.79 Å². The van der Waals surface area contributed by atoms with E-state index in [4.69, 9.17) is 0 Å². The van der Waals surface area contributed by atoms with Gasteiger partial charge in [-0.1, -0.05) is 0 Å². The number of nitrogens with zero attached hydrogens (tertiary/aromatic N) is 2. The van der Waals surface area contributed by atoms with Gasteiger partial charge in [-0.05, 0) is 25.8 Å². The van der Waals surface area contributed by atoms with Gasteiger partial charge >= 0.3 is 5.97 Å². The Labute approximate surface area is 150 Å². The molecule has 3 heterocycles. The molecule has 10 heteroatoms. The quantitative estimate of drug-likeness (QED) is 0.792. The smallest absolute Gasteiger partial charge is 0.329 e. The number of carbonyl (C=O) groups excluding carboxylic acids is 1. The zero-order valence-electron chi connectivity index (χ0n) is 13.9. The van der Waals surface area contributed by atoms with Gasteiger partial charge in [-0.15, -0.1) is 0 Å². The van der Waals surface area contributed by atoms with Gasteiger partial charge in [0.15, 0.2) is 0 Å². The maximum Gasteiger partial charge on any atom is 0.329 e. The van der Waals surface area contributed by atoms with Crippen LogP contribution in [0.25, 0.3) is 0 Å². The van der Waals surface area contributed by atoms with E-state index in [1.54, 1.807) is 11.8 Å². The number of nitrogens with one attached hydrogen (secondary N) is 1. The number of hydrogen-bond acceptors (Lipinski definition) is 5. The predicted octanol–water partition coefficient (Wildman–Crippen LogP) is 0.832. The summed E-state index contributed by atoms with van der Waals surface area (Å²) < 4.78 is 26.7. The van der Waals surface area contributed by atoms with E-state index in [0.717, 1.165) is 11.5 Å². The van der Waals surface area contributed by atoms with Crippen LogP contribution in [-0.4, -0.2) is 76.3 Å². The zero-order chi connectivity index (χ0) is 18.2. The number of hydrogen-bond donors (Lipinski definition) is 2. The summed E-state index contributed by atoms with van der Waals surface area (Å²) in [4.78, 5) is 28.3. The van der Waals surface area contributed by atoms with Crippen LogP contribution in [0.15, 0.2) is 17.2 Å². The minimum absolute atomic E-state index is 0.0407. The first-order valence-corrected chi connectivity index (χ1v) is 10.7. The van der Waals surface area contributed by atoms with E-state index in [0.29, 0.717) is 32.5 Å². The van der Waals surface area contributed by atoms with Crippen molar-refractivity contribution in [1.29, 1.82) is 0 Å². The zero-order valence-corrected chi connectivity index (χ0v) is 15.5. The molecular formula is C15H21N3O5S2. The molecule has 2 aliphatic heterocycles. The lowest BCUT2D eigenvalue weighted by Gasteiger charge is -2.30. The third kappa shape index (κ3) is 3.18. The summed E-state index contributed by atoms with van der Waals surface area (Å²) >= 11 is 1.71. The topological polar surface area (TPSA) is 111 Å². The van der Waals surface area contributed by atoms with Crippen LogP contribution in [0.3, 0.4) is 0 Å². The van der Waals surface area contributed by atoms with Crippen molar-refractivity contribution >= 4 is 33.7 Å². The monoisotopic (exact) mass is 387 g/mol. The van der Waals surface area contributed by atoms with Gasteiger partial charge in [0, 0.05) is 37.3 Å². The van der Waals surface area contributed by atoms with Crippen LogP contribution in [0, 0.1) is 0 Å². The van der Waals surface area contributed by atoms with Crippen LogP contribution >= 0.6 is 11.8 Å². The molecule has 2 N–H and O–H groups in total. The summed E-state index contributed by atoms with van der Waals surface area (Å²) in [5, 5.41) is 9.43. The fourth-order valence-electron chi connectivity index (χ4n) is 3.24. The second kappa shape index (κ2) is 6.65. The van der Waals surface area contributed by atoms with E-state index < -0.39 is 27.4 Å². The standard InChI is InChI=1S/C15H21N3O5S2/c1-15(14(20)21)3-2-4-18(15)13(19)12-9-11(10-16-12)25(22,23)17-5-7-24-8-6-17/h9-10,16H,2-8H2,1H3,(H,20,21). The first-order valence-electron chi connectivity index (χ1n) is 8.08. The van der Waals surface area contributed by atoms with Crippen molar-refractivity contribution in [3.05, 3.63) is 18.0 Å². The number of amides is 1. The number of aromatic amines is 1. The molecule has 8 nitrogen and oxygen atoms in total. The molecule has 0 aliphatic carbocycles. The third-order valence-corrected chi connectivity index (χ3v) is 7.66. The molecule has 1 amide bonds. The Morgan fingerprint density at radius 1 is 1.28 bits per heavy atom. The van der Waals surface area contributed by atoms with Crippen LogP contribution in [0.5, 0.6) is 0 Å². The Morgan fingerprint density at radius 3 is 2.60 bits per heavy atom. The van der Waals surface area contributed by atoms with Crippen molar-refractivity contribution in [3.63, 3.8) is 0 Å². The molecule has 1 atom stereocenters. The largest absolute Gasteiger partial charge is 0.480 e. The number of rotatable bonds is 4. The normalized spacial score (nSPS) is 25.2. The first-order chi connectivity index (χ1) is 11.8. The number of carbonyl (C=O) groups is 2. The average Bonchev–Trinajstić information content (AvgIpc) is 3.23. The summed E-state index contributed by atoms with van der Waals surface area (Å²) in [6.45, 7) is 2.76. The van der Waals surface area contributed by atoms with E-state index in [9.17, 15) is 23.1 Å². The van der Waals surface area contributed by atoms with E-state index >= 15 is 0 Å². The van der Waals surface area contributed by atoms with Crippen molar-refractivity contribution in [2.75, 3.05) is 31.1 Å². The van der Waals surface area contributed by atoms with Gasteiger partial charge in [-0.25, -0.2) is 13.2 Å². The Hall–Kier alpha value is -1.52. The number of sulfonamides is 1. The number of thioether (sulfide) groups is 1. The molecule has 138 valence electrons. The molecule has 2 saturated heterocycles. The highest BCUT2D eigenvalue weighted by atomic mass is 32.2. The summed E-state index contributed by atoms with van der Waals surface area (Å²) in [5.41, 5.74) is -1.16. The first kappa shape index (κ1) is 18.3. The van der Waals surface area contributed by atoms with Crippen LogP contribution in [-0.2, 0) is 14.8 Å². The lowest BCUT2D eigenvalue weighted by molar-refractivity contribution is -0.147. The van der Waals surface area contributed by atoms with Crippen molar-refractivity contribution in [3.8, 4) is 0 Å². The molecule has 0 aromatic carbocycles. The van der Waals surface area contributed by atoms with Crippen molar-refractivity contribution in [2.45, 2.75) is 30.2 Å². The van der Waals surface area contributed by atoms with Gasteiger partial charge in [0.1, 0.15) is 16.1 Å². The predicted molar refractivity (Wildman–Crippen MR) is 93.2 cm³/mol. The molecule has 2 aliphatic rings. The van der Waals surface area contributed by atoms with Gasteiger partial charge in [0.25, 0.3) is 5.91 Å². The second-order valence-electron chi connectivity index (χ2n) is 6.40. The molecule has 0 bridgehead atoms. The second-order valence-corrected chi connectivity index (χ2v) is 9.57. The molecule has 1 unspecified atom stereocenters. The maximum atomic E-state index is 12.7. The average molecular weight is 387 g/mol. The van der Waals surface area contributed by atoms with Gasteiger partial charge in [0.2, 0.25) is 10.0 Å². The minimum atomic E-state index is -3.64. The third-order valence-electron chi connectivity index (χ3n) is 4.84.